The first-order chi connectivity index (χ1) is 10.1. The minimum Gasteiger partial charge on any atom is -0.359 e. The fraction of sp³-hybridized carbons (Fsp3) is 0.222. The summed E-state index contributed by atoms with van der Waals surface area (Å²) in [5.74, 6) is 0. The van der Waals surface area contributed by atoms with Crippen LogP contribution >= 0.6 is 11.9 Å². The molecule has 0 bridgehead atoms. The Morgan fingerprint density at radius 2 is 1.81 bits per heavy atom. The summed E-state index contributed by atoms with van der Waals surface area (Å²) < 4.78 is 3.39. The van der Waals surface area contributed by atoms with E-state index in [9.17, 15) is 0 Å². The zero-order valence-corrected chi connectivity index (χ0v) is 13.4. The van der Waals surface area contributed by atoms with Gasteiger partial charge in [0.1, 0.15) is 0 Å². The minimum atomic E-state index is 0.470. The fourth-order valence-electron chi connectivity index (χ4n) is 2.38. The summed E-state index contributed by atoms with van der Waals surface area (Å²) in [6.45, 7) is 6.40. The van der Waals surface area contributed by atoms with Crippen LogP contribution in [0.4, 0.5) is 0 Å². The van der Waals surface area contributed by atoms with E-state index in [1.54, 1.807) is 11.9 Å². The van der Waals surface area contributed by atoms with Crippen LogP contribution in [0.25, 0.3) is 22.0 Å². The molecule has 3 rings (SSSR count). The van der Waals surface area contributed by atoms with Crippen LogP contribution in [0.15, 0.2) is 53.4 Å². The number of H-pyrrole nitrogens is 1. The largest absolute Gasteiger partial charge is 0.359 e. The lowest BCUT2D eigenvalue weighted by Gasteiger charge is -2.09. The minimum absolute atomic E-state index is 0.470. The van der Waals surface area contributed by atoms with Gasteiger partial charge >= 0.3 is 0 Å². The van der Waals surface area contributed by atoms with E-state index in [1.807, 2.05) is 0 Å². The number of aromatic nitrogens is 1. The Balaban J connectivity index is 1.92. The summed E-state index contributed by atoms with van der Waals surface area (Å²) in [7, 11) is 0. The van der Waals surface area contributed by atoms with Crippen molar-refractivity contribution in [1.29, 1.82) is 0 Å². The maximum atomic E-state index is 3.39. The molecule has 0 aliphatic heterocycles. The molecular formula is C18H20N2S. The SMILES string of the molecule is Cc1cc2cc(-c3cccc(SNC(C)C)c3)ccc2[nH]1. The third-order valence-corrected chi connectivity index (χ3v) is 4.41. The van der Waals surface area contributed by atoms with Gasteiger partial charge in [-0.1, -0.05) is 18.2 Å². The predicted octanol–water partition coefficient (Wildman–Crippen LogP) is 5.15. The number of hydrogen-bond donors (Lipinski definition) is 2. The summed E-state index contributed by atoms with van der Waals surface area (Å²) in [5.41, 5.74) is 4.91. The van der Waals surface area contributed by atoms with Crippen LogP contribution in [0.5, 0.6) is 0 Å². The topological polar surface area (TPSA) is 27.8 Å². The fourth-order valence-corrected chi connectivity index (χ4v) is 3.09. The smallest absolute Gasteiger partial charge is 0.0456 e. The number of benzene rings is 2. The Labute approximate surface area is 130 Å². The Hall–Kier alpha value is -1.71. The lowest BCUT2D eigenvalue weighted by Crippen LogP contribution is -2.13. The van der Waals surface area contributed by atoms with E-state index in [0.29, 0.717) is 6.04 Å². The van der Waals surface area contributed by atoms with Crippen LogP contribution in [-0.2, 0) is 0 Å². The summed E-state index contributed by atoms with van der Waals surface area (Å²) in [4.78, 5) is 4.61. The highest BCUT2D eigenvalue weighted by molar-refractivity contribution is 7.97. The monoisotopic (exact) mass is 296 g/mol. The molecule has 0 aliphatic carbocycles. The third-order valence-electron chi connectivity index (χ3n) is 3.34. The number of rotatable bonds is 4. The number of nitrogens with one attached hydrogen (secondary N) is 2. The van der Waals surface area contributed by atoms with Crippen LogP contribution < -0.4 is 4.72 Å². The Morgan fingerprint density at radius 3 is 2.62 bits per heavy atom. The normalized spacial score (nSPS) is 11.4. The summed E-state index contributed by atoms with van der Waals surface area (Å²) in [6.07, 6.45) is 0. The lowest BCUT2D eigenvalue weighted by atomic mass is 10.0. The summed E-state index contributed by atoms with van der Waals surface area (Å²) in [5, 5.41) is 1.27. The van der Waals surface area contributed by atoms with E-state index in [4.69, 9.17) is 0 Å². The van der Waals surface area contributed by atoms with Gasteiger partial charge in [0.15, 0.2) is 0 Å². The lowest BCUT2D eigenvalue weighted by molar-refractivity contribution is 0.771. The third kappa shape index (κ3) is 3.31. The molecular weight excluding hydrogens is 276 g/mol. The van der Waals surface area contributed by atoms with E-state index < -0.39 is 0 Å². The van der Waals surface area contributed by atoms with Crippen LogP contribution in [0, 0.1) is 6.92 Å². The molecule has 0 aliphatic rings. The quantitative estimate of drug-likeness (QED) is 0.652. The van der Waals surface area contributed by atoms with Crippen molar-refractivity contribution in [2.45, 2.75) is 31.7 Å². The molecule has 0 saturated carbocycles. The van der Waals surface area contributed by atoms with Gasteiger partial charge in [-0.05, 0) is 74.2 Å². The molecule has 3 heteroatoms. The molecule has 0 unspecified atom stereocenters. The molecule has 0 fully saturated rings. The zero-order chi connectivity index (χ0) is 14.8. The molecule has 108 valence electrons. The maximum Gasteiger partial charge on any atom is 0.0456 e. The van der Waals surface area contributed by atoms with Crippen molar-refractivity contribution >= 4 is 22.9 Å². The zero-order valence-electron chi connectivity index (χ0n) is 12.6. The van der Waals surface area contributed by atoms with Crippen molar-refractivity contribution in [3.05, 3.63) is 54.2 Å². The number of aromatic amines is 1. The second-order valence-corrected chi connectivity index (χ2v) is 6.57. The van der Waals surface area contributed by atoms with Crippen LogP contribution in [0.3, 0.4) is 0 Å². The Morgan fingerprint density at radius 1 is 1.00 bits per heavy atom. The first-order valence-corrected chi connectivity index (χ1v) is 8.05. The van der Waals surface area contributed by atoms with Gasteiger partial charge < -0.3 is 4.98 Å². The second kappa shape index (κ2) is 5.96. The van der Waals surface area contributed by atoms with Crippen molar-refractivity contribution in [3.63, 3.8) is 0 Å². The highest BCUT2D eigenvalue weighted by Crippen LogP contribution is 2.27. The van der Waals surface area contributed by atoms with Crippen LogP contribution in [0.1, 0.15) is 19.5 Å². The maximum absolute atomic E-state index is 3.39. The molecule has 0 saturated heterocycles. The Bertz CT molecular complexity index is 759. The predicted molar refractivity (Wildman–Crippen MR) is 92.6 cm³/mol. The van der Waals surface area contributed by atoms with Gasteiger partial charge in [-0.15, -0.1) is 0 Å². The summed E-state index contributed by atoms with van der Waals surface area (Å²) in [6, 6.07) is 17.9. The van der Waals surface area contributed by atoms with Gasteiger partial charge in [-0.25, -0.2) is 0 Å². The first kappa shape index (κ1) is 14.2. The molecule has 2 N–H and O–H groups in total. The van der Waals surface area contributed by atoms with E-state index >= 15 is 0 Å². The van der Waals surface area contributed by atoms with E-state index in [1.165, 1.54) is 32.6 Å². The van der Waals surface area contributed by atoms with E-state index in [0.717, 1.165) is 0 Å². The molecule has 3 aromatic rings. The van der Waals surface area contributed by atoms with E-state index in [2.05, 4.69) is 79.0 Å². The molecule has 0 spiro atoms. The van der Waals surface area contributed by atoms with Crippen molar-refractivity contribution < 1.29 is 0 Å². The highest BCUT2D eigenvalue weighted by Gasteiger charge is 2.04. The molecule has 0 radical (unpaired) electrons. The highest BCUT2D eigenvalue weighted by atomic mass is 32.2. The number of fused-ring (bicyclic) bond motifs is 1. The Kier molecular flexibility index (Phi) is 4.04. The van der Waals surface area contributed by atoms with Crippen molar-refractivity contribution in [1.82, 2.24) is 9.71 Å². The van der Waals surface area contributed by atoms with Gasteiger partial charge in [0.2, 0.25) is 0 Å². The molecule has 2 nitrogen and oxygen atoms in total. The van der Waals surface area contributed by atoms with Gasteiger partial charge in [-0.2, -0.15) is 0 Å². The van der Waals surface area contributed by atoms with Gasteiger partial charge in [-0.3, -0.25) is 4.72 Å². The number of hydrogen-bond acceptors (Lipinski definition) is 2. The molecule has 1 heterocycles. The number of aryl methyl sites for hydroxylation is 1. The molecule has 0 amide bonds. The average molecular weight is 296 g/mol. The second-order valence-electron chi connectivity index (χ2n) is 5.66. The standard InChI is InChI=1S/C18H20N2S/c1-12(2)20-21-17-6-4-5-14(11-17)15-7-8-18-16(10-15)9-13(3)19-18/h4-12,19-20H,1-3H3. The van der Waals surface area contributed by atoms with Gasteiger partial charge in [0.05, 0.1) is 0 Å². The summed E-state index contributed by atoms with van der Waals surface area (Å²) >= 11 is 1.69. The van der Waals surface area contributed by atoms with Crippen LogP contribution in [-0.4, -0.2) is 11.0 Å². The van der Waals surface area contributed by atoms with Crippen molar-refractivity contribution in [2.75, 3.05) is 0 Å². The molecule has 1 aromatic heterocycles. The first-order valence-electron chi connectivity index (χ1n) is 7.24. The van der Waals surface area contributed by atoms with Crippen molar-refractivity contribution in [3.8, 4) is 11.1 Å². The molecule has 2 aromatic carbocycles. The van der Waals surface area contributed by atoms with Crippen molar-refractivity contribution in [2.24, 2.45) is 0 Å². The van der Waals surface area contributed by atoms with E-state index in [-0.39, 0.29) is 0 Å². The molecule has 0 atom stereocenters. The van der Waals surface area contributed by atoms with Crippen LogP contribution in [0.2, 0.25) is 0 Å². The average Bonchev–Trinajstić information content (AvgIpc) is 2.84. The van der Waals surface area contributed by atoms with Gasteiger partial charge in [0, 0.05) is 27.5 Å². The molecule has 21 heavy (non-hydrogen) atoms. The van der Waals surface area contributed by atoms with Gasteiger partial charge in [0.25, 0.3) is 0 Å².